The summed E-state index contributed by atoms with van der Waals surface area (Å²) in [7, 11) is 0. The van der Waals surface area contributed by atoms with Gasteiger partial charge in [0.05, 0.1) is 6.61 Å². The van der Waals surface area contributed by atoms with Crippen molar-refractivity contribution in [3.8, 4) is 0 Å². The van der Waals surface area contributed by atoms with Crippen molar-refractivity contribution in [2.75, 3.05) is 17.3 Å². The van der Waals surface area contributed by atoms with Gasteiger partial charge >= 0.3 is 6.09 Å². The summed E-state index contributed by atoms with van der Waals surface area (Å²) in [6.07, 6.45) is 0.235. The Morgan fingerprint density at radius 3 is 2.67 bits per heavy atom. The second kappa shape index (κ2) is 6.40. The average molecular weight is 276 g/mol. The molecule has 1 aromatic rings. The molecule has 0 bridgehead atoms. The molecule has 15 heavy (non-hydrogen) atoms. The number of carbonyl (C=O) groups is 1. The Kier molecular flexibility index (Phi) is 5.10. The first-order valence-electron chi connectivity index (χ1n) is 4.47. The second-order valence-corrected chi connectivity index (χ2v) is 3.60. The van der Waals surface area contributed by atoms with Crippen molar-refractivity contribution in [3.05, 3.63) is 30.1 Å². The molecule has 1 aromatic carbocycles. The van der Waals surface area contributed by atoms with Crippen molar-refractivity contribution in [2.45, 2.75) is 6.42 Å². The summed E-state index contributed by atoms with van der Waals surface area (Å²) in [4.78, 5) is 11.1. The fourth-order valence-corrected chi connectivity index (χ4v) is 1.14. The summed E-state index contributed by atoms with van der Waals surface area (Å²) in [6.45, 7) is 0.359. The number of anilines is 1. The van der Waals surface area contributed by atoms with E-state index in [-0.39, 0.29) is 5.82 Å². The van der Waals surface area contributed by atoms with Crippen molar-refractivity contribution in [1.29, 1.82) is 0 Å². The predicted molar refractivity (Wildman–Crippen MR) is 59.8 cm³/mol. The number of amides is 1. The van der Waals surface area contributed by atoms with Gasteiger partial charge in [-0.15, -0.1) is 0 Å². The van der Waals surface area contributed by atoms with Gasteiger partial charge < -0.3 is 4.74 Å². The first-order valence-corrected chi connectivity index (χ1v) is 5.60. The lowest BCUT2D eigenvalue weighted by molar-refractivity contribution is 0.162. The van der Waals surface area contributed by atoms with E-state index in [1.54, 1.807) is 0 Å². The van der Waals surface area contributed by atoms with E-state index in [0.717, 1.165) is 11.8 Å². The highest BCUT2D eigenvalue weighted by Crippen LogP contribution is 2.08. The Morgan fingerprint density at radius 2 is 2.07 bits per heavy atom. The van der Waals surface area contributed by atoms with Crippen LogP contribution < -0.4 is 5.32 Å². The number of halogens is 2. The van der Waals surface area contributed by atoms with Gasteiger partial charge in [0.15, 0.2) is 0 Å². The molecule has 1 amide bonds. The van der Waals surface area contributed by atoms with Crippen LogP contribution >= 0.6 is 15.9 Å². The Labute approximate surface area is 95.7 Å². The maximum absolute atomic E-state index is 12.5. The maximum Gasteiger partial charge on any atom is 0.411 e. The van der Waals surface area contributed by atoms with E-state index >= 15 is 0 Å². The third kappa shape index (κ3) is 4.78. The van der Waals surface area contributed by atoms with Crippen LogP contribution in [-0.2, 0) is 4.74 Å². The molecule has 1 rings (SSSR count). The minimum Gasteiger partial charge on any atom is -0.449 e. The standard InChI is InChI=1S/C10H11BrFNO2/c11-6-1-7-15-10(14)13-9-4-2-8(12)3-5-9/h2-5H,1,6-7H2,(H,13,14). The molecule has 0 heterocycles. The fraction of sp³-hybridized carbons (Fsp3) is 0.300. The molecule has 0 aliphatic heterocycles. The molecule has 0 aliphatic rings. The topological polar surface area (TPSA) is 38.3 Å². The zero-order valence-corrected chi connectivity index (χ0v) is 9.59. The smallest absolute Gasteiger partial charge is 0.411 e. The lowest BCUT2D eigenvalue weighted by Gasteiger charge is -2.05. The van der Waals surface area contributed by atoms with Crippen molar-refractivity contribution >= 4 is 27.7 Å². The maximum atomic E-state index is 12.5. The number of alkyl halides is 1. The van der Waals surface area contributed by atoms with Gasteiger partial charge in [-0.3, -0.25) is 5.32 Å². The van der Waals surface area contributed by atoms with Gasteiger partial charge in [-0.05, 0) is 30.7 Å². The molecule has 5 heteroatoms. The molecule has 0 spiro atoms. The predicted octanol–water partition coefficient (Wildman–Crippen LogP) is 3.16. The van der Waals surface area contributed by atoms with Gasteiger partial charge in [-0.2, -0.15) is 0 Å². The average Bonchev–Trinajstić information content (AvgIpc) is 2.22. The van der Waals surface area contributed by atoms with Gasteiger partial charge in [0.25, 0.3) is 0 Å². The normalized spacial score (nSPS) is 9.73. The molecule has 0 fully saturated rings. The Morgan fingerprint density at radius 1 is 1.40 bits per heavy atom. The van der Waals surface area contributed by atoms with Gasteiger partial charge in [0.1, 0.15) is 5.82 Å². The monoisotopic (exact) mass is 275 g/mol. The van der Waals surface area contributed by atoms with Crippen LogP contribution in [-0.4, -0.2) is 18.0 Å². The minimum absolute atomic E-state index is 0.340. The number of hydrogen-bond donors (Lipinski definition) is 1. The van der Waals surface area contributed by atoms with Crippen LogP contribution in [0.4, 0.5) is 14.9 Å². The van der Waals surface area contributed by atoms with Crippen LogP contribution in [0, 0.1) is 5.82 Å². The number of carbonyl (C=O) groups excluding carboxylic acids is 1. The van der Waals surface area contributed by atoms with Crippen molar-refractivity contribution < 1.29 is 13.9 Å². The molecular formula is C10H11BrFNO2. The molecule has 82 valence electrons. The van der Waals surface area contributed by atoms with Crippen LogP contribution in [0.25, 0.3) is 0 Å². The van der Waals surface area contributed by atoms with Crippen LogP contribution in [0.2, 0.25) is 0 Å². The number of ether oxygens (including phenoxy) is 1. The zero-order valence-electron chi connectivity index (χ0n) is 8.00. The minimum atomic E-state index is -0.525. The quantitative estimate of drug-likeness (QED) is 0.677. The van der Waals surface area contributed by atoms with E-state index in [2.05, 4.69) is 21.2 Å². The Hall–Kier alpha value is -1.10. The first-order chi connectivity index (χ1) is 7.22. The van der Waals surface area contributed by atoms with Crippen molar-refractivity contribution in [1.82, 2.24) is 0 Å². The van der Waals surface area contributed by atoms with Gasteiger partial charge in [0, 0.05) is 11.0 Å². The summed E-state index contributed by atoms with van der Waals surface area (Å²) >= 11 is 3.22. The number of rotatable bonds is 4. The summed E-state index contributed by atoms with van der Waals surface area (Å²) in [6, 6.07) is 5.49. The van der Waals surface area contributed by atoms with Crippen LogP contribution in [0.3, 0.4) is 0 Å². The molecule has 0 aromatic heterocycles. The molecule has 0 atom stereocenters. The molecule has 0 aliphatic carbocycles. The van der Waals surface area contributed by atoms with Gasteiger partial charge in [-0.1, -0.05) is 15.9 Å². The Balaban J connectivity index is 2.34. The van der Waals surface area contributed by atoms with E-state index in [0.29, 0.717) is 12.3 Å². The van der Waals surface area contributed by atoms with E-state index in [1.165, 1.54) is 24.3 Å². The fourth-order valence-electron chi connectivity index (χ4n) is 0.907. The summed E-state index contributed by atoms with van der Waals surface area (Å²) in [5.74, 6) is -0.340. The van der Waals surface area contributed by atoms with Crippen LogP contribution in [0.1, 0.15) is 6.42 Å². The highest BCUT2D eigenvalue weighted by molar-refractivity contribution is 9.09. The lowest BCUT2D eigenvalue weighted by Crippen LogP contribution is -2.14. The molecule has 0 radical (unpaired) electrons. The lowest BCUT2D eigenvalue weighted by atomic mass is 10.3. The molecular weight excluding hydrogens is 265 g/mol. The highest BCUT2D eigenvalue weighted by Gasteiger charge is 2.02. The van der Waals surface area contributed by atoms with E-state index in [1.807, 2.05) is 0 Å². The summed E-state index contributed by atoms with van der Waals surface area (Å²) in [5, 5.41) is 3.27. The van der Waals surface area contributed by atoms with Gasteiger partial charge in [-0.25, -0.2) is 9.18 Å². The van der Waals surface area contributed by atoms with Crippen LogP contribution in [0.5, 0.6) is 0 Å². The molecule has 1 N–H and O–H groups in total. The SMILES string of the molecule is O=C(Nc1ccc(F)cc1)OCCCBr. The number of nitrogens with one attached hydrogen (secondary N) is 1. The number of benzene rings is 1. The molecule has 0 saturated carbocycles. The highest BCUT2D eigenvalue weighted by atomic mass is 79.9. The van der Waals surface area contributed by atoms with E-state index < -0.39 is 6.09 Å². The van der Waals surface area contributed by atoms with E-state index in [9.17, 15) is 9.18 Å². The first kappa shape index (κ1) is 12.0. The van der Waals surface area contributed by atoms with Crippen molar-refractivity contribution in [3.63, 3.8) is 0 Å². The summed E-state index contributed by atoms with van der Waals surface area (Å²) < 4.78 is 17.4. The van der Waals surface area contributed by atoms with E-state index in [4.69, 9.17) is 4.74 Å². The Bertz CT molecular complexity index is 316. The van der Waals surface area contributed by atoms with Crippen LogP contribution in [0.15, 0.2) is 24.3 Å². The molecule has 3 nitrogen and oxygen atoms in total. The third-order valence-electron chi connectivity index (χ3n) is 1.60. The van der Waals surface area contributed by atoms with Gasteiger partial charge in [0.2, 0.25) is 0 Å². The second-order valence-electron chi connectivity index (χ2n) is 2.81. The van der Waals surface area contributed by atoms with Crippen molar-refractivity contribution in [2.24, 2.45) is 0 Å². The third-order valence-corrected chi connectivity index (χ3v) is 2.16. The largest absolute Gasteiger partial charge is 0.449 e. The zero-order chi connectivity index (χ0) is 11.1. The number of hydrogen-bond acceptors (Lipinski definition) is 2. The molecule has 0 saturated heterocycles. The molecule has 0 unspecified atom stereocenters. The summed E-state index contributed by atoms with van der Waals surface area (Å²) in [5.41, 5.74) is 0.514.